The number of hydrogen-bond acceptors (Lipinski definition) is 5. The summed E-state index contributed by atoms with van der Waals surface area (Å²) in [4.78, 5) is 16.2. The molecule has 0 saturated carbocycles. The van der Waals surface area contributed by atoms with E-state index in [0.717, 1.165) is 6.07 Å². The highest BCUT2D eigenvalue weighted by molar-refractivity contribution is 9.10. The molecule has 1 atom stereocenters. The molecule has 29 heavy (non-hydrogen) atoms. The smallest absolute Gasteiger partial charge is 0.478 e. The van der Waals surface area contributed by atoms with Gasteiger partial charge >= 0.3 is 12.3 Å². The standard InChI is InChI=1S/C19H16BrF3N2O4/c1-3-28-17-16-12(6-7-24-17)25-9(2)14(18(26)27)15(16)11-5-4-10(20)8-13(11)29-19(21,22)23/h4-8,15,25H,3H2,1-2H3,(H,26,27). The lowest BCUT2D eigenvalue weighted by Gasteiger charge is -2.31. The van der Waals surface area contributed by atoms with Crippen molar-refractivity contribution in [3.63, 3.8) is 0 Å². The van der Waals surface area contributed by atoms with Crippen molar-refractivity contribution in [3.05, 3.63) is 57.3 Å². The number of fused-ring (bicyclic) bond motifs is 1. The van der Waals surface area contributed by atoms with Gasteiger partial charge in [-0.25, -0.2) is 9.78 Å². The van der Waals surface area contributed by atoms with Gasteiger partial charge in [-0.15, -0.1) is 13.2 Å². The molecule has 1 aromatic carbocycles. The summed E-state index contributed by atoms with van der Waals surface area (Å²) < 4.78 is 49.2. The Labute approximate surface area is 172 Å². The molecule has 1 aliphatic heterocycles. The van der Waals surface area contributed by atoms with Gasteiger partial charge in [0.05, 0.1) is 23.7 Å². The molecule has 0 saturated heterocycles. The lowest BCUT2D eigenvalue weighted by atomic mass is 9.80. The summed E-state index contributed by atoms with van der Waals surface area (Å²) in [6.45, 7) is 3.51. The number of pyridine rings is 1. The van der Waals surface area contributed by atoms with E-state index in [2.05, 4.69) is 31.0 Å². The first-order valence-corrected chi connectivity index (χ1v) is 9.29. The van der Waals surface area contributed by atoms with Crippen molar-refractivity contribution in [2.75, 3.05) is 11.9 Å². The summed E-state index contributed by atoms with van der Waals surface area (Å²) in [6.07, 6.45) is -3.48. The van der Waals surface area contributed by atoms with Crippen LogP contribution < -0.4 is 14.8 Å². The van der Waals surface area contributed by atoms with Crippen LogP contribution in [-0.4, -0.2) is 29.0 Å². The molecule has 1 aliphatic rings. The Kier molecular flexibility index (Phi) is 5.74. The third-order valence-electron chi connectivity index (χ3n) is 4.28. The van der Waals surface area contributed by atoms with Crippen molar-refractivity contribution in [2.45, 2.75) is 26.1 Å². The van der Waals surface area contributed by atoms with E-state index in [9.17, 15) is 23.1 Å². The zero-order chi connectivity index (χ0) is 21.3. The number of nitrogens with one attached hydrogen (secondary N) is 1. The molecule has 10 heteroatoms. The van der Waals surface area contributed by atoms with E-state index in [1.807, 2.05) is 0 Å². The Bertz CT molecular complexity index is 992. The van der Waals surface area contributed by atoms with E-state index >= 15 is 0 Å². The molecule has 0 bridgehead atoms. The molecule has 3 rings (SSSR count). The van der Waals surface area contributed by atoms with Gasteiger partial charge in [0.15, 0.2) is 0 Å². The lowest BCUT2D eigenvalue weighted by Crippen LogP contribution is -2.25. The van der Waals surface area contributed by atoms with Gasteiger partial charge in [-0.05, 0) is 32.0 Å². The molecule has 0 aliphatic carbocycles. The molecule has 0 amide bonds. The fraction of sp³-hybridized carbons (Fsp3) is 0.263. The number of aliphatic carboxylic acids is 1. The number of anilines is 1. The van der Waals surface area contributed by atoms with Gasteiger partial charge in [0.25, 0.3) is 0 Å². The highest BCUT2D eigenvalue weighted by atomic mass is 79.9. The molecular weight excluding hydrogens is 457 g/mol. The molecule has 2 heterocycles. The third kappa shape index (κ3) is 4.31. The number of ether oxygens (including phenoxy) is 2. The van der Waals surface area contributed by atoms with Crippen LogP contribution in [0.15, 0.2) is 46.2 Å². The summed E-state index contributed by atoms with van der Waals surface area (Å²) in [6, 6.07) is 5.67. The van der Waals surface area contributed by atoms with Crippen molar-refractivity contribution < 1.29 is 32.5 Å². The van der Waals surface area contributed by atoms with Crippen LogP contribution in [0.3, 0.4) is 0 Å². The van der Waals surface area contributed by atoms with Crippen LogP contribution >= 0.6 is 15.9 Å². The van der Waals surface area contributed by atoms with Gasteiger partial charge in [0.2, 0.25) is 5.88 Å². The molecule has 2 N–H and O–H groups in total. The summed E-state index contributed by atoms with van der Waals surface area (Å²) >= 11 is 3.13. The van der Waals surface area contributed by atoms with E-state index in [4.69, 9.17) is 4.74 Å². The van der Waals surface area contributed by atoms with Gasteiger partial charge in [0, 0.05) is 27.6 Å². The van der Waals surface area contributed by atoms with Crippen LogP contribution in [0.4, 0.5) is 18.9 Å². The van der Waals surface area contributed by atoms with Crippen molar-refractivity contribution in [3.8, 4) is 11.6 Å². The minimum Gasteiger partial charge on any atom is -0.478 e. The third-order valence-corrected chi connectivity index (χ3v) is 4.77. The monoisotopic (exact) mass is 472 g/mol. The number of benzene rings is 1. The van der Waals surface area contributed by atoms with Crippen LogP contribution in [0.2, 0.25) is 0 Å². The van der Waals surface area contributed by atoms with Gasteiger partial charge in [-0.1, -0.05) is 22.0 Å². The second-order valence-corrected chi connectivity index (χ2v) is 7.06. The highest BCUT2D eigenvalue weighted by Crippen LogP contribution is 2.48. The molecule has 154 valence electrons. The molecule has 1 unspecified atom stereocenters. The van der Waals surface area contributed by atoms with Crippen molar-refractivity contribution >= 4 is 27.6 Å². The maximum atomic E-state index is 13.0. The second-order valence-electron chi connectivity index (χ2n) is 6.14. The number of carboxylic acids is 1. The Balaban J connectivity index is 2.31. The summed E-state index contributed by atoms with van der Waals surface area (Å²) in [5.74, 6) is -2.75. The minimum absolute atomic E-state index is 0.0268. The molecular formula is C19H16BrF3N2O4. The van der Waals surface area contributed by atoms with Gasteiger partial charge in [0.1, 0.15) is 5.75 Å². The number of allylic oxidation sites excluding steroid dienone is 1. The Morgan fingerprint density at radius 1 is 1.34 bits per heavy atom. The highest BCUT2D eigenvalue weighted by Gasteiger charge is 2.39. The average molecular weight is 473 g/mol. The van der Waals surface area contributed by atoms with Gasteiger partial charge < -0.3 is 19.9 Å². The van der Waals surface area contributed by atoms with Crippen molar-refractivity contribution in [1.29, 1.82) is 0 Å². The van der Waals surface area contributed by atoms with Crippen LogP contribution in [0, 0.1) is 0 Å². The first-order valence-electron chi connectivity index (χ1n) is 8.50. The number of halogens is 4. The number of alkyl halides is 3. The number of nitrogens with zero attached hydrogens (tertiary/aromatic N) is 1. The molecule has 1 aromatic heterocycles. The van der Waals surface area contributed by atoms with Gasteiger partial charge in [-0.2, -0.15) is 0 Å². The van der Waals surface area contributed by atoms with Gasteiger partial charge in [-0.3, -0.25) is 0 Å². The predicted octanol–water partition coefficient (Wildman–Crippen LogP) is 5.06. The number of aromatic nitrogens is 1. The normalized spacial score (nSPS) is 16.1. The summed E-state index contributed by atoms with van der Waals surface area (Å²) in [5.41, 5.74) is 1.02. The first-order chi connectivity index (χ1) is 13.6. The van der Waals surface area contributed by atoms with E-state index in [1.54, 1.807) is 19.9 Å². The van der Waals surface area contributed by atoms with Crippen molar-refractivity contribution in [2.24, 2.45) is 0 Å². The predicted molar refractivity (Wildman–Crippen MR) is 102 cm³/mol. The summed E-state index contributed by atoms with van der Waals surface area (Å²) in [7, 11) is 0. The van der Waals surface area contributed by atoms with Crippen LogP contribution in [0.5, 0.6) is 11.6 Å². The maximum Gasteiger partial charge on any atom is 0.573 e. The van der Waals surface area contributed by atoms with Crippen LogP contribution in [-0.2, 0) is 4.79 Å². The Morgan fingerprint density at radius 2 is 2.07 bits per heavy atom. The first kappa shape index (κ1) is 21.0. The molecule has 0 spiro atoms. The molecule has 2 aromatic rings. The molecule has 6 nitrogen and oxygen atoms in total. The van der Waals surface area contributed by atoms with Crippen LogP contribution in [0.25, 0.3) is 0 Å². The summed E-state index contributed by atoms with van der Waals surface area (Å²) in [5, 5.41) is 12.8. The van der Waals surface area contributed by atoms with E-state index < -0.39 is 24.0 Å². The Hall–Kier alpha value is -2.75. The molecule has 0 radical (unpaired) electrons. The minimum atomic E-state index is -4.95. The fourth-order valence-electron chi connectivity index (χ4n) is 3.28. The topological polar surface area (TPSA) is 80.7 Å². The molecule has 0 fully saturated rings. The van der Waals surface area contributed by atoms with Crippen molar-refractivity contribution in [1.82, 2.24) is 4.98 Å². The number of carboxylic acid groups (broad SMARTS) is 1. The maximum absolute atomic E-state index is 13.0. The zero-order valence-corrected chi connectivity index (χ0v) is 16.9. The average Bonchev–Trinajstić information content (AvgIpc) is 2.59. The van der Waals surface area contributed by atoms with E-state index in [-0.39, 0.29) is 23.6 Å². The lowest BCUT2D eigenvalue weighted by molar-refractivity contribution is -0.274. The van der Waals surface area contributed by atoms with E-state index in [0.29, 0.717) is 21.4 Å². The second kappa shape index (κ2) is 7.94. The van der Waals surface area contributed by atoms with E-state index in [1.165, 1.54) is 18.3 Å². The number of carbonyl (C=O) groups is 1. The fourth-order valence-corrected chi connectivity index (χ4v) is 3.62. The number of rotatable bonds is 5. The number of hydrogen-bond donors (Lipinski definition) is 2. The zero-order valence-electron chi connectivity index (χ0n) is 15.3. The van der Waals surface area contributed by atoms with Crippen LogP contribution in [0.1, 0.15) is 30.9 Å². The Morgan fingerprint density at radius 3 is 2.69 bits per heavy atom. The largest absolute Gasteiger partial charge is 0.573 e. The quantitative estimate of drug-likeness (QED) is 0.633. The SMILES string of the molecule is CCOc1nccc2c1C(c1ccc(Br)cc1OC(F)(F)F)C(C(=O)O)=C(C)N2.